The highest BCUT2D eigenvalue weighted by molar-refractivity contribution is 5.33. The molecule has 0 aliphatic heterocycles. The third kappa shape index (κ3) is 1.72. The van der Waals surface area contributed by atoms with E-state index >= 15 is 0 Å². The summed E-state index contributed by atoms with van der Waals surface area (Å²) in [5.74, 6) is 0. The Balaban J connectivity index is 2.29. The summed E-state index contributed by atoms with van der Waals surface area (Å²) in [6, 6.07) is -0.159. The molecule has 7 heteroatoms. The minimum atomic E-state index is -0.738. The van der Waals surface area contributed by atoms with Crippen molar-refractivity contribution in [3.63, 3.8) is 0 Å². The minimum Gasteiger partial charge on any atom is -0.288 e. The van der Waals surface area contributed by atoms with E-state index in [-0.39, 0.29) is 23.5 Å². The van der Waals surface area contributed by atoms with E-state index in [9.17, 15) is 19.7 Å². The van der Waals surface area contributed by atoms with Crippen LogP contribution >= 0.6 is 0 Å². The molecule has 1 aromatic rings. The quantitative estimate of drug-likeness (QED) is 0.622. The second-order valence-corrected chi connectivity index (χ2v) is 5.69. The summed E-state index contributed by atoms with van der Waals surface area (Å²) in [6.45, 7) is 1.50. The monoisotopic (exact) mass is 279 g/mol. The fraction of sp³-hybridized carbons (Fsp3) is 0.692. The fourth-order valence-corrected chi connectivity index (χ4v) is 2.98. The van der Waals surface area contributed by atoms with Gasteiger partial charge in [0.05, 0.1) is 4.92 Å². The van der Waals surface area contributed by atoms with E-state index in [4.69, 9.17) is 0 Å². The maximum Gasteiger partial charge on any atom is 0.353 e. The van der Waals surface area contributed by atoms with Gasteiger partial charge in [0.25, 0.3) is 0 Å². The Hall–Kier alpha value is -1.92. The molecule has 0 saturated heterocycles. The highest BCUT2D eigenvalue weighted by atomic mass is 16.6. The summed E-state index contributed by atoms with van der Waals surface area (Å²) < 4.78 is 2.59. The van der Waals surface area contributed by atoms with Gasteiger partial charge in [-0.3, -0.25) is 24.0 Å². The van der Waals surface area contributed by atoms with Crippen LogP contribution in [0.3, 0.4) is 0 Å². The first-order valence-corrected chi connectivity index (χ1v) is 7.04. The molecule has 1 aromatic heterocycles. The third-order valence-corrected chi connectivity index (χ3v) is 4.60. The second-order valence-electron chi connectivity index (χ2n) is 5.69. The first-order valence-electron chi connectivity index (χ1n) is 7.04. The number of nitro groups is 1. The lowest BCUT2D eigenvalue weighted by molar-refractivity contribution is -0.387. The highest BCUT2D eigenvalue weighted by Crippen LogP contribution is 2.34. The zero-order valence-corrected chi connectivity index (χ0v) is 11.4. The Kier molecular flexibility index (Phi) is 2.99. The van der Waals surface area contributed by atoms with E-state index in [2.05, 4.69) is 0 Å². The summed E-state index contributed by atoms with van der Waals surface area (Å²) in [6.07, 6.45) is 5.18. The van der Waals surface area contributed by atoms with Gasteiger partial charge in [0, 0.05) is 12.1 Å². The minimum absolute atomic E-state index is 0.00752. The predicted molar refractivity (Wildman–Crippen MR) is 72.1 cm³/mol. The maximum absolute atomic E-state index is 12.6. The molecule has 2 fully saturated rings. The van der Waals surface area contributed by atoms with Gasteiger partial charge in [-0.25, -0.2) is 4.79 Å². The van der Waals surface area contributed by atoms with E-state index in [1.54, 1.807) is 0 Å². The molecule has 0 N–H and O–H groups in total. The van der Waals surface area contributed by atoms with Crippen LogP contribution in [0.4, 0.5) is 5.69 Å². The summed E-state index contributed by atoms with van der Waals surface area (Å²) in [7, 11) is 0. The Labute approximate surface area is 115 Å². The maximum atomic E-state index is 12.6. The van der Waals surface area contributed by atoms with E-state index in [0.29, 0.717) is 0 Å². The molecule has 1 heterocycles. The molecule has 0 bridgehead atoms. The van der Waals surface area contributed by atoms with Gasteiger partial charge in [0.1, 0.15) is 5.69 Å². The molecule has 0 radical (unpaired) electrons. The Morgan fingerprint density at radius 1 is 1.05 bits per heavy atom. The molecule has 0 unspecified atom stereocenters. The lowest BCUT2D eigenvalue weighted by Gasteiger charge is -2.32. The molecule has 108 valence electrons. The topological polar surface area (TPSA) is 87.1 Å². The first kappa shape index (κ1) is 13.1. The third-order valence-electron chi connectivity index (χ3n) is 4.60. The summed E-state index contributed by atoms with van der Waals surface area (Å²) in [5, 5.41) is 11.2. The Morgan fingerprint density at radius 2 is 1.55 bits per heavy atom. The van der Waals surface area contributed by atoms with E-state index in [1.807, 2.05) is 0 Å². The molecular weight excluding hydrogens is 262 g/mol. The van der Waals surface area contributed by atoms with Gasteiger partial charge in [0.15, 0.2) is 0 Å². The standard InChI is InChI=1S/C13H17N3O4/c1-8-11(16(19)20)12(17)15(10-6-3-7-10)13(18)14(8)9-4-2-5-9/h9-10H,2-7H2,1H3. The van der Waals surface area contributed by atoms with Crippen LogP contribution < -0.4 is 11.2 Å². The van der Waals surface area contributed by atoms with Crippen molar-refractivity contribution in [1.82, 2.24) is 9.13 Å². The second kappa shape index (κ2) is 4.57. The average molecular weight is 279 g/mol. The molecule has 2 aliphatic carbocycles. The largest absolute Gasteiger partial charge is 0.353 e. The van der Waals surface area contributed by atoms with Crippen LogP contribution in [0.25, 0.3) is 0 Å². The Morgan fingerprint density at radius 3 is 1.95 bits per heavy atom. The van der Waals surface area contributed by atoms with Crippen molar-refractivity contribution in [1.29, 1.82) is 0 Å². The van der Waals surface area contributed by atoms with Gasteiger partial charge in [-0.2, -0.15) is 0 Å². The van der Waals surface area contributed by atoms with Gasteiger partial charge >= 0.3 is 16.9 Å². The van der Waals surface area contributed by atoms with Crippen LogP contribution in [0, 0.1) is 17.0 Å². The molecule has 0 aromatic carbocycles. The number of hydrogen-bond acceptors (Lipinski definition) is 4. The fourth-order valence-electron chi connectivity index (χ4n) is 2.98. The number of rotatable bonds is 3. The summed E-state index contributed by atoms with van der Waals surface area (Å²) in [4.78, 5) is 35.4. The molecule has 2 aliphatic rings. The van der Waals surface area contributed by atoms with E-state index < -0.39 is 16.2 Å². The average Bonchev–Trinajstić information content (AvgIpc) is 2.24. The molecule has 7 nitrogen and oxygen atoms in total. The molecule has 3 rings (SSSR count). The van der Waals surface area contributed by atoms with Crippen LogP contribution in [-0.4, -0.2) is 14.1 Å². The van der Waals surface area contributed by atoms with Crippen LogP contribution in [0.1, 0.15) is 56.3 Å². The van der Waals surface area contributed by atoms with Crippen molar-refractivity contribution in [2.75, 3.05) is 0 Å². The molecule has 0 atom stereocenters. The van der Waals surface area contributed by atoms with Gasteiger partial charge in [-0.15, -0.1) is 0 Å². The van der Waals surface area contributed by atoms with Gasteiger partial charge in [0.2, 0.25) is 0 Å². The van der Waals surface area contributed by atoms with Crippen LogP contribution in [0.15, 0.2) is 9.59 Å². The van der Waals surface area contributed by atoms with Gasteiger partial charge in [-0.05, 0) is 45.4 Å². The van der Waals surface area contributed by atoms with E-state index in [1.165, 1.54) is 11.5 Å². The molecule has 2 saturated carbocycles. The van der Waals surface area contributed by atoms with Gasteiger partial charge in [-0.1, -0.05) is 0 Å². The zero-order chi connectivity index (χ0) is 14.4. The molecule has 20 heavy (non-hydrogen) atoms. The lowest BCUT2D eigenvalue weighted by Crippen LogP contribution is -2.47. The normalized spacial score (nSPS) is 19.4. The van der Waals surface area contributed by atoms with Crippen molar-refractivity contribution < 1.29 is 4.92 Å². The number of nitrogens with zero attached hydrogens (tertiary/aromatic N) is 3. The first-order chi connectivity index (χ1) is 9.52. The van der Waals surface area contributed by atoms with Crippen molar-refractivity contribution in [3.8, 4) is 0 Å². The van der Waals surface area contributed by atoms with Crippen molar-refractivity contribution in [2.45, 2.75) is 57.5 Å². The SMILES string of the molecule is Cc1c([N+](=O)[O-])c(=O)n(C2CCC2)c(=O)n1C1CCC1. The lowest BCUT2D eigenvalue weighted by atomic mass is 9.91. The van der Waals surface area contributed by atoms with Crippen molar-refractivity contribution >= 4 is 5.69 Å². The Bertz CT molecular complexity index is 680. The van der Waals surface area contributed by atoms with Crippen LogP contribution in [-0.2, 0) is 0 Å². The van der Waals surface area contributed by atoms with Crippen molar-refractivity contribution in [2.24, 2.45) is 0 Å². The zero-order valence-electron chi connectivity index (χ0n) is 11.4. The molecular formula is C13H17N3O4. The van der Waals surface area contributed by atoms with Crippen molar-refractivity contribution in [3.05, 3.63) is 36.6 Å². The number of aromatic nitrogens is 2. The van der Waals surface area contributed by atoms with E-state index in [0.717, 1.165) is 43.1 Å². The highest BCUT2D eigenvalue weighted by Gasteiger charge is 2.34. The smallest absolute Gasteiger partial charge is 0.288 e. The predicted octanol–water partition coefficient (Wildman–Crippen LogP) is 1.68. The molecule has 0 amide bonds. The van der Waals surface area contributed by atoms with Gasteiger partial charge < -0.3 is 0 Å². The van der Waals surface area contributed by atoms with Crippen LogP contribution in [0.2, 0.25) is 0 Å². The van der Waals surface area contributed by atoms with Crippen LogP contribution in [0.5, 0.6) is 0 Å². The summed E-state index contributed by atoms with van der Waals surface area (Å²) >= 11 is 0. The summed E-state index contributed by atoms with van der Waals surface area (Å²) in [5.41, 5.74) is -1.35. The molecule has 0 spiro atoms. The number of hydrogen-bond donors (Lipinski definition) is 0.